The molecule has 0 radical (unpaired) electrons. The average Bonchev–Trinajstić information content (AvgIpc) is 4.00. The molecule has 0 spiro atoms. The fourth-order valence-corrected chi connectivity index (χ4v) is 6.56. The lowest BCUT2D eigenvalue weighted by molar-refractivity contribution is 0.0462. The van der Waals surface area contributed by atoms with Crippen molar-refractivity contribution in [3.8, 4) is 12.1 Å². The predicted molar refractivity (Wildman–Crippen MR) is 189 cm³/mol. The Kier molecular flexibility index (Phi) is 10.8. The molecule has 0 aliphatic carbocycles. The molecule has 272 valence electrons. The van der Waals surface area contributed by atoms with Gasteiger partial charge in [-0.15, -0.1) is 0 Å². The highest BCUT2D eigenvalue weighted by Gasteiger charge is 2.26. The molecule has 14 heteroatoms. The number of rotatable bonds is 4. The Hall–Kier alpha value is -6.32. The predicted octanol–water partition coefficient (Wildman–Crippen LogP) is 6.23. The molecule has 6 aromatic rings. The van der Waals surface area contributed by atoms with Gasteiger partial charge in [-0.25, -0.2) is 23.7 Å². The van der Waals surface area contributed by atoms with Crippen molar-refractivity contribution in [3.05, 3.63) is 160 Å². The summed E-state index contributed by atoms with van der Waals surface area (Å²) in [6.45, 7) is 5.76. The summed E-state index contributed by atoms with van der Waals surface area (Å²) in [6.07, 6.45) is 9.93. The van der Waals surface area contributed by atoms with Crippen LogP contribution in [0, 0.1) is 34.3 Å². The number of nitriles is 2. The van der Waals surface area contributed by atoms with E-state index in [1.807, 2.05) is 64.1 Å². The van der Waals surface area contributed by atoms with Crippen molar-refractivity contribution in [2.45, 2.75) is 44.9 Å². The molecule has 0 saturated carbocycles. The number of Topliss-reactive ketones (excluding diaryl/α,β-unsaturated/α-hetero) is 1. The largest absolute Gasteiger partial charge is 0.365 e. The number of carbonyl (C=O) groups excluding carboxylic acids is 1. The molecule has 54 heavy (non-hydrogen) atoms. The van der Waals surface area contributed by atoms with E-state index in [0.29, 0.717) is 36.5 Å². The third-order valence-corrected chi connectivity index (χ3v) is 9.34. The normalized spacial score (nSPS) is 18.2. The second-order valence-corrected chi connectivity index (χ2v) is 12.7. The molecule has 3 atom stereocenters. The molecule has 12 nitrogen and oxygen atoms in total. The van der Waals surface area contributed by atoms with Crippen LogP contribution in [0.15, 0.2) is 98.2 Å². The summed E-state index contributed by atoms with van der Waals surface area (Å²) in [6, 6.07) is 20.7. The maximum absolute atomic E-state index is 13.2. The molecule has 0 saturated heterocycles. The second kappa shape index (κ2) is 16.1. The van der Waals surface area contributed by atoms with Crippen molar-refractivity contribution in [3.63, 3.8) is 0 Å². The smallest absolute Gasteiger partial charge is 0.159 e. The first-order chi connectivity index (χ1) is 26.3. The quantitative estimate of drug-likeness (QED) is 0.193. The minimum atomic E-state index is -0.859. The molecular formula is C40H34F2N8O4. The SMILES string of the molecule is CC(=O)c1ccc(C2OCCn3cncc32)cc1.Fc1ccc(C2OCCn3cncc32)cc1F.N#Cc1ccc(C2OCCn3cncc32)cc1C#N. The Morgan fingerprint density at radius 2 is 1.07 bits per heavy atom. The van der Waals surface area contributed by atoms with E-state index in [1.165, 1.54) is 12.1 Å². The van der Waals surface area contributed by atoms with Gasteiger partial charge in [0, 0.05) is 25.2 Å². The highest BCUT2D eigenvalue weighted by Crippen LogP contribution is 2.32. The average molecular weight is 729 g/mol. The first-order valence-electron chi connectivity index (χ1n) is 17.2. The molecule has 0 amide bonds. The molecule has 0 bridgehead atoms. The molecule has 9 rings (SSSR count). The Morgan fingerprint density at radius 1 is 0.630 bits per heavy atom. The number of imidazole rings is 3. The van der Waals surface area contributed by atoms with Gasteiger partial charge in [-0.05, 0) is 47.9 Å². The van der Waals surface area contributed by atoms with Crippen molar-refractivity contribution < 1.29 is 27.8 Å². The molecule has 3 unspecified atom stereocenters. The Morgan fingerprint density at radius 3 is 1.54 bits per heavy atom. The van der Waals surface area contributed by atoms with E-state index in [2.05, 4.69) is 19.5 Å². The zero-order valence-corrected chi connectivity index (χ0v) is 29.2. The van der Waals surface area contributed by atoms with Gasteiger partial charge < -0.3 is 27.9 Å². The number of halogens is 2. The minimum Gasteiger partial charge on any atom is -0.365 e. The topological polar surface area (TPSA) is 146 Å². The highest BCUT2D eigenvalue weighted by atomic mass is 19.2. The van der Waals surface area contributed by atoms with Crippen molar-refractivity contribution in [2.75, 3.05) is 19.8 Å². The summed E-state index contributed by atoms with van der Waals surface area (Å²) >= 11 is 0. The van der Waals surface area contributed by atoms with Crippen LogP contribution in [0.5, 0.6) is 0 Å². The number of carbonyl (C=O) groups is 1. The van der Waals surface area contributed by atoms with Crippen molar-refractivity contribution >= 4 is 5.78 Å². The van der Waals surface area contributed by atoms with Crippen LogP contribution in [0.3, 0.4) is 0 Å². The summed E-state index contributed by atoms with van der Waals surface area (Å²) in [5, 5.41) is 18.0. The molecule has 0 N–H and O–H groups in total. The van der Waals surface area contributed by atoms with E-state index in [0.717, 1.165) is 59.5 Å². The van der Waals surface area contributed by atoms with Gasteiger partial charge in [0.1, 0.15) is 30.5 Å². The number of ketones is 1. The molecule has 3 aromatic carbocycles. The summed E-state index contributed by atoms with van der Waals surface area (Å²) in [4.78, 5) is 23.6. The van der Waals surface area contributed by atoms with Gasteiger partial charge in [0.25, 0.3) is 0 Å². The molecule has 0 fully saturated rings. The van der Waals surface area contributed by atoms with E-state index in [9.17, 15) is 13.6 Å². The van der Waals surface area contributed by atoms with Crippen LogP contribution < -0.4 is 0 Å². The van der Waals surface area contributed by atoms with Gasteiger partial charge in [-0.3, -0.25) is 4.79 Å². The molecule has 3 aliphatic rings. The van der Waals surface area contributed by atoms with Gasteiger partial charge in [0.05, 0.1) is 85.6 Å². The lowest BCUT2D eigenvalue weighted by atomic mass is 10.00. The zero-order valence-electron chi connectivity index (χ0n) is 29.2. The Bertz CT molecular complexity index is 2350. The van der Waals surface area contributed by atoms with Gasteiger partial charge in [0.2, 0.25) is 0 Å². The van der Waals surface area contributed by atoms with Gasteiger partial charge in [0.15, 0.2) is 17.4 Å². The number of hydrogen-bond donors (Lipinski definition) is 0. The molecular weight excluding hydrogens is 694 g/mol. The van der Waals surface area contributed by atoms with Gasteiger partial charge in [-0.1, -0.05) is 36.4 Å². The number of hydrogen-bond acceptors (Lipinski definition) is 9. The summed E-state index contributed by atoms with van der Waals surface area (Å²) < 4.78 is 49.3. The van der Waals surface area contributed by atoms with Crippen molar-refractivity contribution in [1.82, 2.24) is 28.7 Å². The third-order valence-electron chi connectivity index (χ3n) is 9.34. The van der Waals surface area contributed by atoms with Crippen LogP contribution in [-0.4, -0.2) is 54.3 Å². The van der Waals surface area contributed by atoms with E-state index >= 15 is 0 Å². The van der Waals surface area contributed by atoms with Crippen LogP contribution in [0.2, 0.25) is 0 Å². The minimum absolute atomic E-state index is 0.0798. The summed E-state index contributed by atoms with van der Waals surface area (Å²) in [5.41, 5.74) is 6.92. The van der Waals surface area contributed by atoms with Crippen molar-refractivity contribution in [1.29, 1.82) is 10.5 Å². The Balaban J connectivity index is 0.000000125. The fourth-order valence-electron chi connectivity index (χ4n) is 6.56. The first-order valence-corrected chi connectivity index (χ1v) is 17.2. The fraction of sp³-hybridized carbons (Fsp3) is 0.250. The van der Waals surface area contributed by atoms with Crippen LogP contribution in [0.25, 0.3) is 0 Å². The van der Waals surface area contributed by atoms with Crippen LogP contribution in [0.4, 0.5) is 8.78 Å². The lowest BCUT2D eigenvalue weighted by Crippen LogP contribution is -2.21. The third kappa shape index (κ3) is 7.58. The van der Waals surface area contributed by atoms with Gasteiger partial charge in [-0.2, -0.15) is 10.5 Å². The number of aromatic nitrogens is 6. The summed E-state index contributed by atoms with van der Waals surface area (Å²) in [5.74, 6) is -1.63. The zero-order chi connectivity index (χ0) is 37.6. The number of nitrogens with zero attached hydrogens (tertiary/aromatic N) is 8. The van der Waals surface area contributed by atoms with Crippen LogP contribution in [-0.2, 0) is 33.8 Å². The monoisotopic (exact) mass is 728 g/mol. The maximum atomic E-state index is 13.2. The van der Waals surface area contributed by atoms with Crippen molar-refractivity contribution in [2.24, 2.45) is 0 Å². The van der Waals surface area contributed by atoms with E-state index in [4.69, 9.17) is 24.7 Å². The second-order valence-electron chi connectivity index (χ2n) is 12.7. The maximum Gasteiger partial charge on any atom is 0.159 e. The Labute approximate surface area is 309 Å². The van der Waals surface area contributed by atoms with E-state index in [-0.39, 0.29) is 24.1 Å². The summed E-state index contributed by atoms with van der Waals surface area (Å²) in [7, 11) is 0. The highest BCUT2D eigenvalue weighted by molar-refractivity contribution is 5.94. The van der Waals surface area contributed by atoms with Crippen LogP contribution >= 0.6 is 0 Å². The van der Waals surface area contributed by atoms with E-state index in [1.54, 1.807) is 44.1 Å². The molecule has 3 aliphatic heterocycles. The standard InChI is InChI=1S/C14H10N4O.C14H14N2O2.C12H10F2N2O/c15-6-11-2-1-10(5-12(11)7-16)14-13-8-17-9-18(13)3-4-19-14;1-10(17)11-2-4-12(5-3-11)14-13-8-15-9-16(13)6-7-18-14;13-9-2-1-8(5-10(9)14)12-11-6-15-7-16(11)3-4-17-12/h1-2,5,8-9,14H,3-4H2;2-5,8-9,14H,6-7H2,1H3;1-2,5-7,12H,3-4H2. The number of benzene rings is 3. The number of ether oxygens (including phenoxy) is 3. The van der Waals surface area contributed by atoms with Crippen LogP contribution in [0.1, 0.15) is 80.5 Å². The first kappa shape index (κ1) is 36.1. The molecule has 3 aromatic heterocycles. The molecule has 6 heterocycles. The number of fused-ring (bicyclic) bond motifs is 3. The lowest BCUT2D eigenvalue weighted by Gasteiger charge is -2.25. The van der Waals surface area contributed by atoms with E-state index < -0.39 is 11.6 Å². The van der Waals surface area contributed by atoms with Gasteiger partial charge >= 0.3 is 0 Å².